The number of pyridine rings is 1. The first-order valence-corrected chi connectivity index (χ1v) is 9.27. The second kappa shape index (κ2) is 6.68. The number of fused-ring (bicyclic) bond motifs is 2. The predicted octanol–water partition coefficient (Wildman–Crippen LogP) is 4.12. The number of aromatic nitrogens is 2. The number of ether oxygens (including phenoxy) is 2. The van der Waals surface area contributed by atoms with Gasteiger partial charge < -0.3 is 19.6 Å². The van der Waals surface area contributed by atoms with Gasteiger partial charge in [0.25, 0.3) is 0 Å². The van der Waals surface area contributed by atoms with Gasteiger partial charge in [-0.25, -0.2) is 18.6 Å². The Bertz CT molecular complexity index is 1130. The quantitative estimate of drug-likeness (QED) is 0.685. The van der Waals surface area contributed by atoms with Crippen LogP contribution in [0, 0.1) is 11.6 Å². The molecule has 0 radical (unpaired) electrons. The predicted molar refractivity (Wildman–Crippen MR) is 98.7 cm³/mol. The van der Waals surface area contributed by atoms with Crippen molar-refractivity contribution in [3.63, 3.8) is 0 Å². The van der Waals surface area contributed by atoms with E-state index in [0.717, 1.165) is 6.42 Å². The maximum absolute atomic E-state index is 14.8. The number of hydrogen-bond acceptors (Lipinski definition) is 7. The lowest BCUT2D eigenvalue weighted by Gasteiger charge is -2.52. The average molecular weight is 414 g/mol. The molecule has 0 saturated heterocycles. The van der Waals surface area contributed by atoms with Crippen LogP contribution in [0.25, 0.3) is 0 Å². The van der Waals surface area contributed by atoms with E-state index in [1.807, 2.05) is 0 Å². The van der Waals surface area contributed by atoms with E-state index in [1.54, 1.807) is 0 Å². The Balaban J connectivity index is 1.53. The Hall–Kier alpha value is -3.69. The third-order valence-corrected chi connectivity index (χ3v) is 5.58. The summed E-state index contributed by atoms with van der Waals surface area (Å²) < 4.78 is 44.9. The summed E-state index contributed by atoms with van der Waals surface area (Å²) in [5, 5.41) is 0. The molecule has 0 atom stereocenters. The van der Waals surface area contributed by atoms with E-state index in [0.29, 0.717) is 18.4 Å². The third kappa shape index (κ3) is 2.75. The number of carbonyl (C=O) groups is 1. The molecule has 3 heterocycles. The molecule has 1 aliphatic heterocycles. The second-order valence-corrected chi connectivity index (χ2v) is 7.19. The van der Waals surface area contributed by atoms with Crippen molar-refractivity contribution in [2.75, 3.05) is 5.73 Å². The zero-order chi connectivity index (χ0) is 20.9. The van der Waals surface area contributed by atoms with Crippen LogP contribution in [0.5, 0.6) is 17.6 Å². The van der Waals surface area contributed by atoms with Gasteiger partial charge in [-0.3, -0.25) is 4.90 Å². The number of benzene rings is 1. The van der Waals surface area contributed by atoms with Gasteiger partial charge in [0, 0.05) is 23.4 Å². The molecule has 2 aromatic heterocycles. The maximum Gasteiger partial charge on any atom is 0.416 e. The standard InChI is InChI=1S/C20H16F2N4O4/c21-13-8-12-14(9-15(13)29-18-25-6-7-28-18)30-19(27)26(20(12)3-1-4-20)10-11-2-5-24-17(23)16(11)22/h2,5-9H,1,3-4,10H2,(H2,23,24). The lowest BCUT2D eigenvalue weighted by Crippen LogP contribution is -2.57. The van der Waals surface area contributed by atoms with Gasteiger partial charge in [-0.2, -0.15) is 4.98 Å². The van der Waals surface area contributed by atoms with Crippen molar-refractivity contribution in [2.24, 2.45) is 0 Å². The molecular formula is C20H16F2N4O4. The molecule has 10 heteroatoms. The highest BCUT2D eigenvalue weighted by Gasteiger charge is 2.52. The van der Waals surface area contributed by atoms with Crippen LogP contribution < -0.4 is 15.2 Å². The van der Waals surface area contributed by atoms with Crippen LogP contribution in [0.3, 0.4) is 0 Å². The Morgan fingerprint density at radius 2 is 2.07 bits per heavy atom. The van der Waals surface area contributed by atoms with Gasteiger partial charge in [0.1, 0.15) is 12.0 Å². The zero-order valence-electron chi connectivity index (χ0n) is 15.6. The van der Waals surface area contributed by atoms with Gasteiger partial charge in [-0.05, 0) is 31.4 Å². The highest BCUT2D eigenvalue weighted by atomic mass is 19.1. The van der Waals surface area contributed by atoms with Gasteiger partial charge in [-0.15, -0.1) is 0 Å². The normalized spacial score (nSPS) is 16.7. The summed E-state index contributed by atoms with van der Waals surface area (Å²) in [5.41, 5.74) is 5.47. The van der Waals surface area contributed by atoms with E-state index in [4.69, 9.17) is 19.6 Å². The summed E-state index contributed by atoms with van der Waals surface area (Å²) in [5.74, 6) is -1.59. The van der Waals surface area contributed by atoms with E-state index in [-0.39, 0.29) is 35.5 Å². The number of rotatable bonds is 4. The van der Waals surface area contributed by atoms with Gasteiger partial charge in [-0.1, -0.05) is 0 Å². The minimum absolute atomic E-state index is 0.0764. The number of nitrogens with two attached hydrogens (primary N) is 1. The van der Waals surface area contributed by atoms with E-state index >= 15 is 0 Å². The van der Waals surface area contributed by atoms with Crippen molar-refractivity contribution in [3.8, 4) is 17.6 Å². The number of hydrogen-bond donors (Lipinski definition) is 1. The zero-order valence-corrected chi connectivity index (χ0v) is 15.6. The molecule has 1 spiro atoms. The Labute approximate surface area is 169 Å². The van der Waals surface area contributed by atoms with E-state index in [1.165, 1.54) is 41.8 Å². The van der Waals surface area contributed by atoms with E-state index in [2.05, 4.69) is 9.97 Å². The fraction of sp³-hybridized carbons (Fsp3) is 0.250. The highest BCUT2D eigenvalue weighted by molar-refractivity contribution is 5.76. The largest absolute Gasteiger partial charge is 0.417 e. The maximum atomic E-state index is 14.8. The minimum atomic E-state index is -0.794. The number of nitrogens with zero attached hydrogens (tertiary/aromatic N) is 3. The summed E-state index contributed by atoms with van der Waals surface area (Å²) in [6, 6.07) is 4.04. The SMILES string of the molecule is Nc1nccc(CN2C(=O)Oc3cc(Oc4ncco4)c(F)cc3C23CCC3)c1F. The number of amides is 1. The Morgan fingerprint density at radius 1 is 1.23 bits per heavy atom. The minimum Gasteiger partial charge on any atom is -0.417 e. The number of carbonyl (C=O) groups excluding carboxylic acids is 1. The molecule has 1 aliphatic carbocycles. The molecule has 0 unspecified atom stereocenters. The smallest absolute Gasteiger partial charge is 0.416 e. The Morgan fingerprint density at radius 3 is 2.77 bits per heavy atom. The van der Waals surface area contributed by atoms with E-state index < -0.39 is 23.3 Å². The third-order valence-electron chi connectivity index (χ3n) is 5.58. The number of nitrogen functional groups attached to an aromatic ring is 1. The monoisotopic (exact) mass is 414 g/mol. The van der Waals surface area contributed by atoms with Crippen LogP contribution in [0.15, 0.2) is 41.3 Å². The molecule has 0 bridgehead atoms. The van der Waals surface area contributed by atoms with Crippen molar-refractivity contribution in [3.05, 3.63) is 59.6 Å². The van der Waals surface area contributed by atoms with Crippen LogP contribution in [-0.4, -0.2) is 21.0 Å². The van der Waals surface area contributed by atoms with Crippen LogP contribution in [0.2, 0.25) is 0 Å². The highest BCUT2D eigenvalue weighted by Crippen LogP contribution is 2.54. The molecule has 3 aromatic rings. The summed E-state index contributed by atoms with van der Waals surface area (Å²) in [6.45, 7) is -0.0764. The summed E-state index contributed by atoms with van der Waals surface area (Å²) >= 11 is 0. The lowest BCUT2D eigenvalue weighted by atomic mass is 9.69. The molecule has 154 valence electrons. The summed E-state index contributed by atoms with van der Waals surface area (Å²) in [4.78, 5) is 21.8. The molecule has 30 heavy (non-hydrogen) atoms. The summed E-state index contributed by atoms with van der Waals surface area (Å²) in [6.07, 6.45) is 5.24. The second-order valence-electron chi connectivity index (χ2n) is 7.19. The first-order valence-electron chi connectivity index (χ1n) is 9.27. The number of halogens is 2. The van der Waals surface area contributed by atoms with Gasteiger partial charge in [0.15, 0.2) is 23.2 Å². The fourth-order valence-electron chi connectivity index (χ4n) is 3.95. The number of anilines is 1. The molecule has 2 aliphatic rings. The molecule has 1 aromatic carbocycles. The molecule has 1 amide bonds. The van der Waals surface area contributed by atoms with Crippen molar-refractivity contribution in [2.45, 2.75) is 31.3 Å². The van der Waals surface area contributed by atoms with Crippen molar-refractivity contribution < 1.29 is 27.5 Å². The molecular weight excluding hydrogens is 398 g/mol. The van der Waals surface area contributed by atoms with Crippen LogP contribution >= 0.6 is 0 Å². The Kier molecular flexibility index (Phi) is 4.09. The number of oxazole rings is 1. The van der Waals surface area contributed by atoms with Gasteiger partial charge in [0.05, 0.1) is 18.3 Å². The van der Waals surface area contributed by atoms with Gasteiger partial charge in [0.2, 0.25) is 0 Å². The van der Waals surface area contributed by atoms with Crippen molar-refractivity contribution >= 4 is 11.9 Å². The van der Waals surface area contributed by atoms with Crippen LogP contribution in [0.4, 0.5) is 19.4 Å². The van der Waals surface area contributed by atoms with Crippen molar-refractivity contribution in [1.82, 2.24) is 14.9 Å². The molecule has 5 rings (SSSR count). The average Bonchev–Trinajstić information content (AvgIpc) is 3.19. The molecule has 2 N–H and O–H groups in total. The van der Waals surface area contributed by atoms with Crippen molar-refractivity contribution in [1.29, 1.82) is 0 Å². The van der Waals surface area contributed by atoms with E-state index in [9.17, 15) is 13.6 Å². The lowest BCUT2D eigenvalue weighted by molar-refractivity contribution is 0.000784. The molecule has 1 fully saturated rings. The molecule has 8 nitrogen and oxygen atoms in total. The summed E-state index contributed by atoms with van der Waals surface area (Å²) in [7, 11) is 0. The first-order chi connectivity index (χ1) is 14.5. The topological polar surface area (TPSA) is 104 Å². The molecule has 1 saturated carbocycles. The fourth-order valence-corrected chi connectivity index (χ4v) is 3.95. The van der Waals surface area contributed by atoms with Gasteiger partial charge >= 0.3 is 12.2 Å². The van der Waals surface area contributed by atoms with Crippen LogP contribution in [-0.2, 0) is 12.1 Å². The van der Waals surface area contributed by atoms with Crippen LogP contribution in [0.1, 0.15) is 30.4 Å². The first kappa shape index (κ1) is 18.3.